The molecule has 74 valence electrons. The third kappa shape index (κ3) is 2.12. The molecule has 1 saturated heterocycles. The smallest absolute Gasteiger partial charge is 0.404 e. The molecule has 0 spiro atoms. The monoisotopic (exact) mass is 184 g/mol. The van der Waals surface area contributed by atoms with E-state index in [0.29, 0.717) is 6.04 Å². The van der Waals surface area contributed by atoms with E-state index in [4.69, 9.17) is 5.11 Å². The third-order valence-electron chi connectivity index (χ3n) is 3.14. The molecule has 2 aliphatic rings. The van der Waals surface area contributed by atoms with Crippen molar-refractivity contribution in [2.75, 3.05) is 6.54 Å². The summed E-state index contributed by atoms with van der Waals surface area (Å²) in [6.07, 6.45) is 3.87. The van der Waals surface area contributed by atoms with Gasteiger partial charge in [-0.2, -0.15) is 0 Å². The molecule has 3 N–H and O–H groups in total. The summed E-state index contributed by atoms with van der Waals surface area (Å²) in [5, 5.41) is 14.6. The number of rotatable bonds is 1. The second-order valence-corrected chi connectivity index (χ2v) is 4.17. The number of hydrogen-bond acceptors (Lipinski definition) is 2. The van der Waals surface area contributed by atoms with Crippen LogP contribution in [0.1, 0.15) is 25.7 Å². The molecule has 1 aliphatic heterocycles. The van der Waals surface area contributed by atoms with Gasteiger partial charge in [-0.3, -0.25) is 0 Å². The maximum Gasteiger partial charge on any atom is 0.404 e. The third-order valence-corrected chi connectivity index (χ3v) is 3.14. The van der Waals surface area contributed by atoms with E-state index in [1.54, 1.807) is 0 Å². The molecule has 1 amide bonds. The number of amides is 1. The Morgan fingerprint density at radius 3 is 3.00 bits per heavy atom. The van der Waals surface area contributed by atoms with Gasteiger partial charge in [0, 0.05) is 18.6 Å². The molecule has 0 aromatic carbocycles. The molecule has 0 radical (unpaired) electrons. The first-order valence-electron chi connectivity index (χ1n) is 4.97. The van der Waals surface area contributed by atoms with Crippen LogP contribution < -0.4 is 10.6 Å². The Morgan fingerprint density at radius 1 is 1.38 bits per heavy atom. The van der Waals surface area contributed by atoms with Crippen molar-refractivity contribution in [2.45, 2.75) is 37.8 Å². The summed E-state index contributed by atoms with van der Waals surface area (Å²) in [7, 11) is 0. The fourth-order valence-electron chi connectivity index (χ4n) is 2.55. The summed E-state index contributed by atoms with van der Waals surface area (Å²) in [6.45, 7) is 0.799. The number of fused-ring (bicyclic) bond motifs is 2. The molecule has 0 aromatic heterocycles. The molecule has 2 rings (SSSR count). The fourth-order valence-corrected chi connectivity index (χ4v) is 2.55. The Kier molecular flexibility index (Phi) is 2.40. The highest BCUT2D eigenvalue weighted by Gasteiger charge is 2.31. The maximum atomic E-state index is 10.4. The van der Waals surface area contributed by atoms with Crippen LogP contribution in [0.3, 0.4) is 0 Å². The minimum atomic E-state index is -0.899. The summed E-state index contributed by atoms with van der Waals surface area (Å²) in [5.74, 6) is 0.733. The van der Waals surface area contributed by atoms with Gasteiger partial charge in [-0.05, 0) is 31.6 Å². The summed E-state index contributed by atoms with van der Waals surface area (Å²) in [4.78, 5) is 10.4. The van der Waals surface area contributed by atoms with Crippen LogP contribution in [0.4, 0.5) is 4.79 Å². The van der Waals surface area contributed by atoms with Crippen molar-refractivity contribution >= 4 is 6.09 Å². The lowest BCUT2D eigenvalue weighted by Gasteiger charge is -2.19. The molecule has 13 heavy (non-hydrogen) atoms. The Balaban J connectivity index is 1.89. The van der Waals surface area contributed by atoms with Crippen molar-refractivity contribution in [2.24, 2.45) is 5.92 Å². The lowest BCUT2D eigenvalue weighted by Crippen LogP contribution is -2.43. The lowest BCUT2D eigenvalue weighted by atomic mass is 9.99. The molecule has 4 nitrogen and oxygen atoms in total. The Hall–Kier alpha value is -0.770. The molecule has 1 saturated carbocycles. The van der Waals surface area contributed by atoms with Crippen LogP contribution in [-0.2, 0) is 0 Å². The van der Waals surface area contributed by atoms with E-state index in [1.165, 1.54) is 19.3 Å². The van der Waals surface area contributed by atoms with Gasteiger partial charge >= 0.3 is 6.09 Å². The zero-order valence-electron chi connectivity index (χ0n) is 7.62. The van der Waals surface area contributed by atoms with Crippen LogP contribution >= 0.6 is 0 Å². The highest BCUT2D eigenvalue weighted by atomic mass is 16.4. The molecule has 1 aliphatic carbocycles. The van der Waals surface area contributed by atoms with E-state index in [-0.39, 0.29) is 6.04 Å². The quantitative estimate of drug-likeness (QED) is 0.564. The Bertz CT molecular complexity index is 208. The average Bonchev–Trinajstić information content (AvgIpc) is 2.36. The van der Waals surface area contributed by atoms with E-state index in [9.17, 15) is 4.79 Å². The van der Waals surface area contributed by atoms with Gasteiger partial charge in [-0.1, -0.05) is 0 Å². The largest absolute Gasteiger partial charge is 0.465 e. The second kappa shape index (κ2) is 3.54. The Morgan fingerprint density at radius 2 is 2.23 bits per heavy atom. The van der Waals surface area contributed by atoms with Crippen LogP contribution in [0.2, 0.25) is 0 Å². The predicted molar refractivity (Wildman–Crippen MR) is 48.7 cm³/mol. The van der Waals surface area contributed by atoms with E-state index in [2.05, 4.69) is 10.6 Å². The van der Waals surface area contributed by atoms with Gasteiger partial charge in [-0.25, -0.2) is 4.79 Å². The number of carbonyl (C=O) groups is 1. The van der Waals surface area contributed by atoms with Gasteiger partial charge in [0.05, 0.1) is 0 Å². The van der Waals surface area contributed by atoms with E-state index >= 15 is 0 Å². The zero-order valence-corrected chi connectivity index (χ0v) is 7.62. The second-order valence-electron chi connectivity index (χ2n) is 4.17. The van der Waals surface area contributed by atoms with Gasteiger partial charge in [0.25, 0.3) is 0 Å². The molecule has 1 unspecified atom stereocenters. The first-order valence-corrected chi connectivity index (χ1v) is 4.97. The molecular formula is C9H16N2O2. The summed E-state index contributed by atoms with van der Waals surface area (Å²) >= 11 is 0. The zero-order chi connectivity index (χ0) is 9.26. The number of carboxylic acid groups (broad SMARTS) is 1. The van der Waals surface area contributed by atoms with Crippen molar-refractivity contribution < 1.29 is 9.90 Å². The predicted octanol–water partition coefficient (Wildman–Crippen LogP) is 0.785. The van der Waals surface area contributed by atoms with Gasteiger partial charge < -0.3 is 15.7 Å². The van der Waals surface area contributed by atoms with Crippen molar-refractivity contribution in [1.29, 1.82) is 0 Å². The highest BCUT2D eigenvalue weighted by molar-refractivity contribution is 5.64. The normalized spacial score (nSPS) is 38.3. The molecule has 0 aromatic rings. The van der Waals surface area contributed by atoms with E-state index in [0.717, 1.165) is 18.9 Å². The Labute approximate surface area is 77.7 Å². The minimum absolute atomic E-state index is 0.118. The van der Waals surface area contributed by atoms with Crippen LogP contribution in [0.5, 0.6) is 0 Å². The van der Waals surface area contributed by atoms with Gasteiger partial charge in [0.15, 0.2) is 0 Å². The van der Waals surface area contributed by atoms with Crippen LogP contribution in [0.15, 0.2) is 0 Å². The lowest BCUT2D eigenvalue weighted by molar-refractivity contribution is 0.187. The average molecular weight is 184 g/mol. The van der Waals surface area contributed by atoms with Crippen molar-refractivity contribution in [3.63, 3.8) is 0 Å². The molecule has 1 heterocycles. The molecule has 4 heteroatoms. The summed E-state index contributed by atoms with van der Waals surface area (Å²) < 4.78 is 0. The van der Waals surface area contributed by atoms with Gasteiger partial charge in [0.1, 0.15) is 0 Å². The standard InChI is InChI=1S/C9H16N2O2/c12-9(13)11-8-4-6-1-2-7(3-6)10-5-8/h6-8,10-11H,1-5H2,(H,12,13)/t6-,7+,8?/m1/s1. The van der Waals surface area contributed by atoms with Crippen LogP contribution in [0, 0.1) is 5.92 Å². The van der Waals surface area contributed by atoms with Crippen LogP contribution in [-0.4, -0.2) is 29.8 Å². The van der Waals surface area contributed by atoms with Gasteiger partial charge in [0.2, 0.25) is 0 Å². The van der Waals surface area contributed by atoms with Gasteiger partial charge in [-0.15, -0.1) is 0 Å². The minimum Gasteiger partial charge on any atom is -0.465 e. The van der Waals surface area contributed by atoms with Crippen molar-refractivity contribution in [1.82, 2.24) is 10.6 Å². The SMILES string of the molecule is O=C(O)NC1CN[C@H]2CC[C@@H](C1)C2. The van der Waals surface area contributed by atoms with Crippen LogP contribution in [0.25, 0.3) is 0 Å². The number of hydrogen-bond donors (Lipinski definition) is 3. The summed E-state index contributed by atoms with van der Waals surface area (Å²) in [6, 6.07) is 0.762. The van der Waals surface area contributed by atoms with Crippen molar-refractivity contribution in [3.05, 3.63) is 0 Å². The fraction of sp³-hybridized carbons (Fsp3) is 0.889. The summed E-state index contributed by atoms with van der Waals surface area (Å²) in [5.41, 5.74) is 0. The maximum absolute atomic E-state index is 10.4. The van der Waals surface area contributed by atoms with Crippen molar-refractivity contribution in [3.8, 4) is 0 Å². The highest BCUT2D eigenvalue weighted by Crippen LogP contribution is 2.31. The van der Waals surface area contributed by atoms with E-state index < -0.39 is 6.09 Å². The first kappa shape index (κ1) is 8.81. The molecule has 3 atom stereocenters. The topological polar surface area (TPSA) is 61.4 Å². The molecule has 2 fully saturated rings. The number of nitrogens with one attached hydrogen (secondary N) is 2. The molecule has 2 bridgehead atoms. The first-order chi connectivity index (χ1) is 6.24. The molecular weight excluding hydrogens is 168 g/mol. The van der Waals surface area contributed by atoms with E-state index in [1.807, 2.05) is 0 Å².